The second-order valence-electron chi connectivity index (χ2n) is 8.30. The lowest BCUT2D eigenvalue weighted by atomic mass is 10.1. The maximum absolute atomic E-state index is 12.2. The zero-order valence-electron chi connectivity index (χ0n) is 19.8. The van der Waals surface area contributed by atoms with Gasteiger partial charge in [0.05, 0.1) is 6.54 Å². The number of carbonyl (C=O) groups excluding carboxylic acids is 3. The molecule has 1 aliphatic rings. The Labute approximate surface area is 217 Å². The highest BCUT2D eigenvalue weighted by atomic mass is 16.5. The number of hydroxylamine groups is 1. The third kappa shape index (κ3) is 9.43. The third-order valence-electron chi connectivity index (χ3n) is 5.67. The maximum atomic E-state index is 12.2. The van der Waals surface area contributed by atoms with E-state index >= 15 is 0 Å². The summed E-state index contributed by atoms with van der Waals surface area (Å²) in [7, 11) is 0. The fraction of sp³-hybridized carbons (Fsp3) is 0.321. The van der Waals surface area contributed by atoms with Crippen molar-refractivity contribution in [3.63, 3.8) is 0 Å². The maximum Gasteiger partial charge on any atom is 0.267 e. The van der Waals surface area contributed by atoms with Crippen molar-refractivity contribution in [2.24, 2.45) is 5.73 Å². The average Bonchev–Trinajstić information content (AvgIpc) is 3.43. The van der Waals surface area contributed by atoms with Gasteiger partial charge in [0.25, 0.3) is 11.8 Å². The second kappa shape index (κ2) is 15.1. The van der Waals surface area contributed by atoms with Gasteiger partial charge in [0.1, 0.15) is 6.04 Å². The number of benzene rings is 2. The molecule has 0 saturated heterocycles. The van der Waals surface area contributed by atoms with Gasteiger partial charge in [-0.15, -0.1) is 0 Å². The molecule has 0 unspecified atom stereocenters. The summed E-state index contributed by atoms with van der Waals surface area (Å²) in [5.74, 6) is 10.0. The largest absolute Gasteiger partial charge is 0.339 e. The molecule has 2 aromatic rings. The van der Waals surface area contributed by atoms with Gasteiger partial charge >= 0.3 is 0 Å². The highest BCUT2D eigenvalue weighted by molar-refractivity contribution is 5.97. The Morgan fingerprint density at radius 1 is 0.946 bits per heavy atom. The molecule has 1 aliphatic carbocycles. The van der Waals surface area contributed by atoms with Crippen LogP contribution in [0.3, 0.4) is 0 Å². The van der Waals surface area contributed by atoms with Crippen molar-refractivity contribution >= 4 is 23.4 Å². The van der Waals surface area contributed by atoms with E-state index in [2.05, 4.69) is 39.6 Å². The minimum absolute atomic E-state index is 0. The number of hydrogen-bond donors (Lipinski definition) is 6. The van der Waals surface area contributed by atoms with E-state index in [0.29, 0.717) is 29.4 Å². The predicted molar refractivity (Wildman–Crippen MR) is 142 cm³/mol. The molecule has 1 saturated carbocycles. The van der Waals surface area contributed by atoms with Crippen LogP contribution in [0.5, 0.6) is 0 Å². The summed E-state index contributed by atoms with van der Waals surface area (Å²) in [6.45, 7) is 0.151. The molecule has 2 aromatic carbocycles. The molecular formula is C28H33N5O4. The highest BCUT2D eigenvalue weighted by Gasteiger charge is 2.19. The Morgan fingerprint density at radius 3 is 2.05 bits per heavy atom. The van der Waals surface area contributed by atoms with Gasteiger partial charge in [0, 0.05) is 35.0 Å². The van der Waals surface area contributed by atoms with Gasteiger partial charge in [0.15, 0.2) is 0 Å². The second-order valence-corrected chi connectivity index (χ2v) is 8.30. The molecule has 194 valence electrons. The molecule has 0 heterocycles. The Morgan fingerprint density at radius 2 is 1.51 bits per heavy atom. The summed E-state index contributed by atoms with van der Waals surface area (Å²) in [6.07, 6.45) is 4.72. The fourth-order valence-corrected chi connectivity index (χ4v) is 3.67. The Balaban J connectivity index is 0.00000481. The predicted octanol–water partition coefficient (Wildman–Crippen LogP) is 1.76. The number of nitrogens with two attached hydrogens (primary N) is 1. The number of anilines is 1. The van der Waals surface area contributed by atoms with E-state index in [4.69, 9.17) is 10.9 Å². The zero-order chi connectivity index (χ0) is 25.8. The molecule has 0 bridgehead atoms. The first-order valence-electron chi connectivity index (χ1n) is 11.7. The molecule has 1 fully saturated rings. The number of carbonyl (C=O) groups is 3. The minimum atomic E-state index is -1.04. The number of amides is 3. The van der Waals surface area contributed by atoms with Crippen molar-refractivity contribution in [3.05, 3.63) is 65.2 Å². The Kier molecular flexibility index (Phi) is 11.8. The van der Waals surface area contributed by atoms with Gasteiger partial charge in [-0.2, -0.15) is 0 Å². The Hall–Kier alpha value is -4.15. The Bertz CT molecular complexity index is 1180. The van der Waals surface area contributed by atoms with Crippen molar-refractivity contribution in [2.45, 2.75) is 45.2 Å². The van der Waals surface area contributed by atoms with Crippen LogP contribution in [-0.2, 0) is 9.59 Å². The molecule has 0 aromatic heterocycles. The highest BCUT2D eigenvalue weighted by Crippen LogP contribution is 2.17. The first-order valence-corrected chi connectivity index (χ1v) is 11.7. The van der Waals surface area contributed by atoms with Crippen molar-refractivity contribution in [1.82, 2.24) is 16.1 Å². The van der Waals surface area contributed by atoms with Crippen LogP contribution in [0, 0.1) is 23.7 Å². The van der Waals surface area contributed by atoms with Gasteiger partial charge in [-0.05, 0) is 73.2 Å². The molecule has 9 nitrogen and oxygen atoms in total. The topological polar surface area (TPSA) is 146 Å². The summed E-state index contributed by atoms with van der Waals surface area (Å²) in [5, 5.41) is 17.3. The van der Waals surface area contributed by atoms with Crippen LogP contribution in [0.4, 0.5) is 5.69 Å². The lowest BCUT2D eigenvalue weighted by Gasteiger charge is -2.14. The fourth-order valence-electron chi connectivity index (χ4n) is 3.67. The molecule has 37 heavy (non-hydrogen) atoms. The van der Waals surface area contributed by atoms with E-state index in [1.54, 1.807) is 36.4 Å². The minimum Gasteiger partial charge on any atom is -0.339 e. The van der Waals surface area contributed by atoms with E-state index in [1.165, 1.54) is 18.3 Å². The van der Waals surface area contributed by atoms with Crippen LogP contribution in [0.15, 0.2) is 48.5 Å². The number of hydrogen-bond acceptors (Lipinski definition) is 6. The smallest absolute Gasteiger partial charge is 0.267 e. The summed E-state index contributed by atoms with van der Waals surface area (Å²) >= 11 is 0. The molecule has 0 radical (unpaired) electrons. The molecular weight excluding hydrogens is 470 g/mol. The monoisotopic (exact) mass is 503 g/mol. The van der Waals surface area contributed by atoms with Crippen LogP contribution < -0.4 is 27.2 Å². The number of rotatable bonds is 8. The average molecular weight is 504 g/mol. The van der Waals surface area contributed by atoms with E-state index in [-0.39, 0.29) is 19.9 Å². The normalized spacial score (nSPS) is 13.0. The molecule has 3 amide bonds. The van der Waals surface area contributed by atoms with Crippen molar-refractivity contribution in [2.75, 3.05) is 18.4 Å². The summed E-state index contributed by atoms with van der Waals surface area (Å²) in [6, 6.07) is 13.1. The van der Waals surface area contributed by atoms with E-state index in [0.717, 1.165) is 18.4 Å². The lowest BCUT2D eigenvalue weighted by molar-refractivity contribution is -0.130. The third-order valence-corrected chi connectivity index (χ3v) is 5.67. The van der Waals surface area contributed by atoms with Gasteiger partial charge in [-0.1, -0.05) is 32.1 Å². The van der Waals surface area contributed by atoms with E-state index in [1.807, 2.05) is 12.1 Å². The van der Waals surface area contributed by atoms with E-state index < -0.39 is 17.9 Å². The van der Waals surface area contributed by atoms with Crippen LogP contribution in [0.2, 0.25) is 0 Å². The summed E-state index contributed by atoms with van der Waals surface area (Å²) in [5.41, 5.74) is 9.35. The standard InChI is InChI=1S/C27H29N5O4.CH4/c28-17-24(27(35)32-36)31-26(34)21-13-9-19(10-14-21)5-1-2-6-20-11-15-23(16-12-20)30-25(33)18-29-22-7-3-4-8-22;/h9-16,22,24,29,36H,3-4,7-8,17-18,28H2,(H,30,33)(H,31,34)(H,32,35);1H4/t24-;/m0./s1. The summed E-state index contributed by atoms with van der Waals surface area (Å²) < 4.78 is 0. The van der Waals surface area contributed by atoms with Crippen molar-refractivity contribution in [1.29, 1.82) is 0 Å². The van der Waals surface area contributed by atoms with Crippen LogP contribution >= 0.6 is 0 Å². The van der Waals surface area contributed by atoms with Gasteiger partial charge in [-0.25, -0.2) is 5.48 Å². The van der Waals surface area contributed by atoms with Crippen LogP contribution in [-0.4, -0.2) is 48.1 Å². The quantitative estimate of drug-likeness (QED) is 0.184. The van der Waals surface area contributed by atoms with Crippen LogP contribution in [0.1, 0.15) is 54.6 Å². The SMILES string of the molecule is C.NC[C@H](NC(=O)c1ccc(C#CC#Cc2ccc(NC(=O)CNC3CCCC3)cc2)cc1)C(=O)NO. The summed E-state index contributed by atoms with van der Waals surface area (Å²) in [4.78, 5) is 35.7. The zero-order valence-corrected chi connectivity index (χ0v) is 19.8. The lowest BCUT2D eigenvalue weighted by Crippen LogP contribution is -2.50. The molecule has 7 N–H and O–H groups in total. The van der Waals surface area contributed by atoms with Crippen LogP contribution in [0.25, 0.3) is 0 Å². The van der Waals surface area contributed by atoms with Gasteiger partial charge in [0.2, 0.25) is 5.91 Å². The molecule has 0 spiro atoms. The van der Waals surface area contributed by atoms with Gasteiger partial charge in [-0.3, -0.25) is 19.6 Å². The molecule has 0 aliphatic heterocycles. The number of nitrogens with one attached hydrogen (secondary N) is 4. The molecule has 3 rings (SSSR count). The first kappa shape index (κ1) is 29.1. The van der Waals surface area contributed by atoms with Crippen molar-refractivity contribution < 1.29 is 19.6 Å². The van der Waals surface area contributed by atoms with E-state index in [9.17, 15) is 14.4 Å². The molecule has 1 atom stereocenters. The van der Waals surface area contributed by atoms with Gasteiger partial charge < -0.3 is 21.7 Å². The molecule has 9 heteroatoms. The first-order chi connectivity index (χ1) is 17.5. The van der Waals surface area contributed by atoms with Crippen molar-refractivity contribution in [3.8, 4) is 23.7 Å².